The molecule has 1 fully saturated rings. The third-order valence-corrected chi connectivity index (χ3v) is 5.72. The summed E-state index contributed by atoms with van der Waals surface area (Å²) in [5, 5.41) is 0. The number of aldehydes is 1. The fourth-order valence-corrected chi connectivity index (χ4v) is 4.50. The zero-order valence-corrected chi connectivity index (χ0v) is 15.2. The van der Waals surface area contributed by atoms with E-state index in [0.29, 0.717) is 18.5 Å². The lowest BCUT2D eigenvalue weighted by Gasteiger charge is -2.44. The lowest BCUT2D eigenvalue weighted by Crippen LogP contribution is -2.47. The first-order valence-corrected chi connectivity index (χ1v) is 9.41. The molecule has 1 saturated heterocycles. The van der Waals surface area contributed by atoms with Gasteiger partial charge in [0.05, 0.1) is 13.7 Å². The third kappa shape index (κ3) is 3.34. The maximum Gasteiger partial charge on any atom is 0.133 e. The number of methoxy groups -OCH3 is 1. The number of carbonyl (C=O) groups excluding carboxylic acids is 1. The fraction of sp³-hybridized carbons (Fsp3) is 0.409. The molecule has 0 spiro atoms. The summed E-state index contributed by atoms with van der Waals surface area (Å²) in [6, 6.07) is 14.7. The molecule has 0 saturated carbocycles. The molecular formula is C22H25NO3. The molecule has 4 nitrogen and oxygen atoms in total. The maximum atomic E-state index is 11.0. The summed E-state index contributed by atoms with van der Waals surface area (Å²) in [7, 11) is 1.66. The van der Waals surface area contributed by atoms with Crippen LogP contribution in [0.3, 0.4) is 0 Å². The van der Waals surface area contributed by atoms with Crippen molar-refractivity contribution in [3.8, 4) is 17.2 Å². The summed E-state index contributed by atoms with van der Waals surface area (Å²) in [5.41, 5.74) is 2.84. The van der Waals surface area contributed by atoms with Crippen LogP contribution in [0.25, 0.3) is 0 Å². The van der Waals surface area contributed by atoms with Crippen LogP contribution in [0.15, 0.2) is 42.5 Å². The van der Waals surface area contributed by atoms with E-state index in [2.05, 4.69) is 23.1 Å². The van der Waals surface area contributed by atoms with Crippen molar-refractivity contribution in [1.29, 1.82) is 0 Å². The number of nitrogens with zero attached hydrogens (tertiary/aromatic N) is 1. The standard InChI is InChI=1S/C22H25NO3/c1-25-17-5-7-18(8-6-17)26-19-9-10-20-16(15-19)4-11-22-21(20)3-2-12-23(22)13-14-24/h5-10,14-15,21-22H,2-4,11-13H2,1H3. The maximum absolute atomic E-state index is 11.0. The molecular weight excluding hydrogens is 326 g/mol. The summed E-state index contributed by atoms with van der Waals surface area (Å²) in [5.74, 6) is 3.07. The smallest absolute Gasteiger partial charge is 0.133 e. The molecule has 1 aliphatic carbocycles. The first kappa shape index (κ1) is 17.1. The minimum Gasteiger partial charge on any atom is -0.497 e. The van der Waals surface area contributed by atoms with Crippen molar-refractivity contribution in [3.63, 3.8) is 0 Å². The Kier molecular flexibility index (Phi) is 4.93. The van der Waals surface area contributed by atoms with Gasteiger partial charge in [0.2, 0.25) is 0 Å². The van der Waals surface area contributed by atoms with Crippen LogP contribution in [-0.2, 0) is 11.2 Å². The third-order valence-electron chi connectivity index (χ3n) is 5.72. The highest BCUT2D eigenvalue weighted by atomic mass is 16.5. The second-order valence-electron chi connectivity index (χ2n) is 7.15. The molecule has 0 aromatic heterocycles. The monoisotopic (exact) mass is 351 g/mol. The van der Waals surface area contributed by atoms with Gasteiger partial charge >= 0.3 is 0 Å². The molecule has 2 aromatic rings. The fourth-order valence-electron chi connectivity index (χ4n) is 4.50. The summed E-state index contributed by atoms with van der Waals surface area (Å²) in [6.45, 7) is 1.61. The molecule has 0 amide bonds. The molecule has 1 aliphatic heterocycles. The Morgan fingerprint density at radius 1 is 1.08 bits per heavy atom. The second kappa shape index (κ2) is 7.50. The lowest BCUT2D eigenvalue weighted by atomic mass is 9.74. The van der Waals surface area contributed by atoms with Gasteiger partial charge in [0.15, 0.2) is 0 Å². The van der Waals surface area contributed by atoms with Crippen LogP contribution in [0, 0.1) is 0 Å². The van der Waals surface area contributed by atoms with E-state index in [1.54, 1.807) is 7.11 Å². The lowest BCUT2D eigenvalue weighted by molar-refractivity contribution is -0.109. The van der Waals surface area contributed by atoms with Crippen LogP contribution in [0.5, 0.6) is 17.2 Å². The Balaban J connectivity index is 1.53. The SMILES string of the molecule is COc1ccc(Oc2ccc3c(c2)CCC2C3CCCN2CC=O)cc1. The zero-order valence-electron chi connectivity index (χ0n) is 15.2. The Morgan fingerprint density at radius 2 is 1.85 bits per heavy atom. The summed E-state index contributed by atoms with van der Waals surface area (Å²) < 4.78 is 11.2. The van der Waals surface area contributed by atoms with Crippen molar-refractivity contribution >= 4 is 6.29 Å². The highest BCUT2D eigenvalue weighted by Gasteiger charge is 2.36. The number of ether oxygens (including phenoxy) is 2. The van der Waals surface area contributed by atoms with E-state index >= 15 is 0 Å². The van der Waals surface area contributed by atoms with Gasteiger partial charge in [-0.05, 0) is 85.7 Å². The number of hydrogen-bond donors (Lipinski definition) is 0. The highest BCUT2D eigenvalue weighted by molar-refractivity contribution is 5.52. The van der Waals surface area contributed by atoms with Crippen LogP contribution < -0.4 is 9.47 Å². The van der Waals surface area contributed by atoms with Crippen LogP contribution in [0.4, 0.5) is 0 Å². The second-order valence-corrected chi connectivity index (χ2v) is 7.15. The van der Waals surface area contributed by atoms with Crippen molar-refractivity contribution in [3.05, 3.63) is 53.6 Å². The van der Waals surface area contributed by atoms with E-state index in [1.165, 1.54) is 24.0 Å². The van der Waals surface area contributed by atoms with Crippen LogP contribution >= 0.6 is 0 Å². The van der Waals surface area contributed by atoms with Gasteiger partial charge in [-0.15, -0.1) is 0 Å². The number of benzene rings is 2. The predicted molar refractivity (Wildman–Crippen MR) is 101 cm³/mol. The Morgan fingerprint density at radius 3 is 2.62 bits per heavy atom. The largest absolute Gasteiger partial charge is 0.497 e. The van der Waals surface area contributed by atoms with Crippen molar-refractivity contribution in [2.75, 3.05) is 20.2 Å². The van der Waals surface area contributed by atoms with Crippen molar-refractivity contribution < 1.29 is 14.3 Å². The van der Waals surface area contributed by atoms with Crippen molar-refractivity contribution in [2.24, 2.45) is 0 Å². The first-order chi connectivity index (χ1) is 12.8. The van der Waals surface area contributed by atoms with E-state index in [4.69, 9.17) is 9.47 Å². The molecule has 0 N–H and O–H groups in total. The number of aryl methyl sites for hydroxylation is 1. The normalized spacial score (nSPS) is 22.2. The van der Waals surface area contributed by atoms with Gasteiger partial charge in [-0.25, -0.2) is 0 Å². The molecule has 2 atom stereocenters. The summed E-state index contributed by atoms with van der Waals surface area (Å²) in [4.78, 5) is 13.4. The van der Waals surface area contributed by atoms with E-state index in [0.717, 1.165) is 42.9 Å². The molecule has 26 heavy (non-hydrogen) atoms. The molecule has 4 heteroatoms. The van der Waals surface area contributed by atoms with Crippen molar-refractivity contribution in [2.45, 2.75) is 37.6 Å². The summed E-state index contributed by atoms with van der Waals surface area (Å²) >= 11 is 0. The van der Waals surface area contributed by atoms with Crippen molar-refractivity contribution in [1.82, 2.24) is 4.90 Å². The van der Waals surface area contributed by atoms with E-state index in [1.807, 2.05) is 24.3 Å². The Labute approximate surface area is 154 Å². The van der Waals surface area contributed by atoms with Gasteiger partial charge in [-0.2, -0.15) is 0 Å². The Bertz CT molecular complexity index is 771. The van der Waals surface area contributed by atoms with E-state index < -0.39 is 0 Å². The number of likely N-dealkylation sites (tertiary alicyclic amines) is 1. The topological polar surface area (TPSA) is 38.8 Å². The minimum atomic E-state index is 0.509. The number of rotatable bonds is 5. The molecule has 4 rings (SSSR count). The van der Waals surface area contributed by atoms with Gasteiger partial charge in [-0.1, -0.05) is 6.07 Å². The number of piperidine rings is 1. The van der Waals surface area contributed by atoms with Crippen LogP contribution in [0.1, 0.15) is 36.3 Å². The van der Waals surface area contributed by atoms with E-state index in [-0.39, 0.29) is 0 Å². The molecule has 2 unspecified atom stereocenters. The van der Waals surface area contributed by atoms with Gasteiger partial charge in [0, 0.05) is 6.04 Å². The highest BCUT2D eigenvalue weighted by Crippen LogP contribution is 2.41. The molecule has 0 radical (unpaired) electrons. The molecule has 2 aliphatic rings. The molecule has 2 aromatic carbocycles. The average molecular weight is 351 g/mol. The quantitative estimate of drug-likeness (QED) is 0.758. The average Bonchev–Trinajstić information content (AvgIpc) is 2.68. The minimum absolute atomic E-state index is 0.509. The number of hydrogen-bond acceptors (Lipinski definition) is 4. The first-order valence-electron chi connectivity index (χ1n) is 9.41. The van der Waals surface area contributed by atoms with Crippen LogP contribution in [0.2, 0.25) is 0 Å². The van der Waals surface area contributed by atoms with Gasteiger partial charge in [0.1, 0.15) is 23.5 Å². The molecule has 1 heterocycles. The number of carbonyl (C=O) groups is 1. The Hall–Kier alpha value is -2.33. The molecule has 136 valence electrons. The van der Waals surface area contributed by atoms with Gasteiger partial charge < -0.3 is 14.3 Å². The predicted octanol–water partition coefficient (Wildman–Crippen LogP) is 4.18. The van der Waals surface area contributed by atoms with Crippen LogP contribution in [-0.4, -0.2) is 37.4 Å². The molecule has 0 bridgehead atoms. The van der Waals surface area contributed by atoms with Gasteiger partial charge in [0.25, 0.3) is 0 Å². The number of fused-ring (bicyclic) bond motifs is 3. The summed E-state index contributed by atoms with van der Waals surface area (Å²) in [6.07, 6.45) is 5.59. The zero-order chi connectivity index (χ0) is 17.9. The van der Waals surface area contributed by atoms with Gasteiger partial charge in [-0.3, -0.25) is 4.90 Å². The van der Waals surface area contributed by atoms with E-state index in [9.17, 15) is 4.79 Å².